The van der Waals surface area contributed by atoms with Gasteiger partial charge in [0.2, 0.25) is 23.6 Å². The Hall–Kier alpha value is -8.56. The Labute approximate surface area is 400 Å². The van der Waals surface area contributed by atoms with E-state index in [1.165, 1.54) is 36.4 Å². The van der Waals surface area contributed by atoms with E-state index < -0.39 is 89.3 Å². The summed E-state index contributed by atoms with van der Waals surface area (Å²) in [4.78, 5) is 115. The lowest BCUT2D eigenvalue weighted by molar-refractivity contribution is -0.384. The van der Waals surface area contributed by atoms with E-state index in [2.05, 4.69) is 31.9 Å². The van der Waals surface area contributed by atoms with Crippen LogP contribution in [0.1, 0.15) is 62.1 Å². The summed E-state index contributed by atoms with van der Waals surface area (Å²) in [6, 6.07) is 20.4. The summed E-state index contributed by atoms with van der Waals surface area (Å²) in [5, 5.41) is 26.3. The quantitative estimate of drug-likeness (QED) is 0.0155. The lowest BCUT2D eigenvalue weighted by atomic mass is 9.98. The number of carbonyl (C=O) groups is 8. The molecule has 1 heterocycles. The maximum atomic E-state index is 14.1. The minimum absolute atomic E-state index is 0.00481. The highest BCUT2D eigenvalue weighted by molar-refractivity contribution is 5.99. The fourth-order valence-electron chi connectivity index (χ4n) is 7.71. The molecule has 0 radical (unpaired) electrons. The van der Waals surface area contributed by atoms with Gasteiger partial charge in [-0.05, 0) is 70.8 Å². The van der Waals surface area contributed by atoms with Crippen molar-refractivity contribution < 1.29 is 62.2 Å². The molecule has 8 N–H and O–H groups in total. The number of ether oxygens (including phenoxy) is 4. The summed E-state index contributed by atoms with van der Waals surface area (Å²) in [6.07, 6.45) is -2.35. The van der Waals surface area contributed by atoms with Crippen LogP contribution in [0.5, 0.6) is 5.75 Å². The number of anilines is 1. The Balaban J connectivity index is 1.09. The monoisotopic (exact) mass is 964 g/mol. The maximum absolute atomic E-state index is 14.1. The number of urea groups is 1. The second-order valence-corrected chi connectivity index (χ2v) is 16.6. The third kappa shape index (κ3) is 14.0. The molecule has 70 heavy (non-hydrogen) atoms. The van der Waals surface area contributed by atoms with Crippen LogP contribution >= 0.6 is 0 Å². The predicted octanol–water partition coefficient (Wildman–Crippen LogP) is 4.05. The Morgan fingerprint density at radius 1 is 0.800 bits per heavy atom. The lowest BCUT2D eigenvalue weighted by Crippen LogP contribution is -2.58. The van der Waals surface area contributed by atoms with Crippen molar-refractivity contribution in [1.82, 2.24) is 26.6 Å². The molecular weight excluding hydrogens is 913 g/mol. The molecule has 0 bridgehead atoms. The first-order valence-corrected chi connectivity index (χ1v) is 22.3. The first kappa shape index (κ1) is 50.8. The fraction of sp³-hybridized carbons (Fsp3) is 0.333. The number of nitro groups is 1. The Morgan fingerprint density at radius 3 is 2.06 bits per heavy atom. The highest BCUT2D eigenvalue weighted by Gasteiger charge is 2.35. The van der Waals surface area contributed by atoms with Gasteiger partial charge in [0, 0.05) is 36.7 Å². The van der Waals surface area contributed by atoms with Gasteiger partial charge in [-0.15, -0.1) is 0 Å². The third-order valence-corrected chi connectivity index (χ3v) is 11.3. The van der Waals surface area contributed by atoms with Gasteiger partial charge in [-0.1, -0.05) is 74.5 Å². The molecule has 2 aliphatic rings. The van der Waals surface area contributed by atoms with Gasteiger partial charge >= 0.3 is 24.2 Å². The largest absolute Gasteiger partial charge is 0.514 e. The van der Waals surface area contributed by atoms with Crippen LogP contribution in [0.4, 0.5) is 25.8 Å². The zero-order valence-corrected chi connectivity index (χ0v) is 38.1. The van der Waals surface area contributed by atoms with Crippen LogP contribution in [-0.2, 0) is 44.8 Å². The van der Waals surface area contributed by atoms with Crippen molar-refractivity contribution in [1.29, 1.82) is 0 Å². The van der Waals surface area contributed by atoms with Gasteiger partial charge in [0.15, 0.2) is 0 Å². The molecule has 0 unspecified atom stereocenters. The maximum Gasteiger partial charge on any atom is 0.514 e. The number of hydrogen-bond donors (Lipinski definition) is 7. The van der Waals surface area contributed by atoms with Crippen molar-refractivity contribution >= 4 is 59.3 Å². The number of primary amides is 1. The number of rotatable bonds is 21. The van der Waals surface area contributed by atoms with Crippen molar-refractivity contribution in [2.45, 2.75) is 76.2 Å². The van der Waals surface area contributed by atoms with Gasteiger partial charge in [0.1, 0.15) is 43.1 Å². The minimum atomic E-state index is -1.60. The van der Waals surface area contributed by atoms with E-state index >= 15 is 0 Å². The van der Waals surface area contributed by atoms with E-state index in [9.17, 15) is 48.5 Å². The molecule has 1 aliphatic carbocycles. The number of nitro benzene ring substituents is 1. The van der Waals surface area contributed by atoms with Gasteiger partial charge in [-0.2, -0.15) is 0 Å². The van der Waals surface area contributed by atoms with Crippen LogP contribution in [-0.4, -0.2) is 96.7 Å². The number of carbonyl (C=O) groups excluding carboxylic acids is 8. The van der Waals surface area contributed by atoms with Crippen molar-refractivity contribution in [3.63, 3.8) is 0 Å². The molecule has 4 aromatic rings. The molecule has 368 valence electrons. The number of benzene rings is 4. The molecule has 4 atom stereocenters. The fourth-order valence-corrected chi connectivity index (χ4v) is 7.71. The number of non-ortho nitro benzene ring substituents is 1. The number of nitrogens with one attached hydrogen (secondary N) is 6. The van der Waals surface area contributed by atoms with Gasteiger partial charge < -0.3 is 56.6 Å². The molecule has 22 nitrogen and oxygen atoms in total. The van der Waals surface area contributed by atoms with Crippen LogP contribution in [0.2, 0.25) is 0 Å². The topological polar surface area (TPSA) is 315 Å². The van der Waals surface area contributed by atoms with Gasteiger partial charge in [-0.25, -0.2) is 19.2 Å². The first-order valence-electron chi connectivity index (χ1n) is 22.3. The molecule has 0 aromatic heterocycles. The van der Waals surface area contributed by atoms with Gasteiger partial charge in [-0.3, -0.25) is 29.3 Å². The average Bonchev–Trinajstić information content (AvgIpc) is 3.89. The number of cyclic esters (lactones) is 1. The van der Waals surface area contributed by atoms with E-state index in [4.69, 9.17) is 24.7 Å². The summed E-state index contributed by atoms with van der Waals surface area (Å²) in [6.45, 7) is 3.08. The summed E-state index contributed by atoms with van der Waals surface area (Å²) < 4.78 is 20.8. The number of nitrogens with two attached hydrogens (primary N) is 1. The van der Waals surface area contributed by atoms with E-state index in [0.29, 0.717) is 5.56 Å². The molecule has 6 rings (SSSR count). The van der Waals surface area contributed by atoms with Gasteiger partial charge in [0.25, 0.3) is 5.69 Å². The SMILES string of the molecule is CC(C)[C@H](NC(=O)[C@H](CC(=O)N[C@H]1CCOC1=O)NC(=O)OCC1c2ccccc2-c2ccccc21)C(=O)N[C@@H](CCCNC(N)=O)C(=O)Nc1ccc(COC(=O)Oc2ccc([N+](=O)[O-])cc2)cc1. The van der Waals surface area contributed by atoms with Crippen molar-refractivity contribution in [2.75, 3.05) is 25.1 Å². The first-order chi connectivity index (χ1) is 33.6. The van der Waals surface area contributed by atoms with E-state index in [0.717, 1.165) is 22.3 Å². The van der Waals surface area contributed by atoms with E-state index in [-0.39, 0.29) is 68.7 Å². The standard InChI is InChI=1S/C48H52N8O14/c1-27(2)41(44(60)53-37(12-7-22-50-46(49)62)42(58)51-29-15-13-28(14-16-29)25-69-48(64)70-31-19-17-30(18-20-31)56(65)66)55-43(59)39(24-40(57)52-38-21-23-67-45(38)61)54-47(63)68-26-36-34-10-5-3-8-32(34)33-9-4-6-11-35(33)36/h3-6,8-11,13-20,27,36-39,41H,7,12,21-26H2,1-2H3,(H,51,58)(H,52,57)(H,53,60)(H,54,63)(H,55,59)(H3,49,50,62)/t37-,38-,39-,41-/m0/s1. The van der Waals surface area contributed by atoms with Crippen molar-refractivity contribution in [3.05, 3.63) is 124 Å². The number of amides is 7. The van der Waals surface area contributed by atoms with Crippen LogP contribution in [0.25, 0.3) is 11.1 Å². The van der Waals surface area contributed by atoms with E-state index in [1.807, 2.05) is 48.5 Å². The summed E-state index contributed by atoms with van der Waals surface area (Å²) in [7, 11) is 0. The average molecular weight is 965 g/mol. The smallest absolute Gasteiger partial charge is 0.464 e. The molecule has 0 spiro atoms. The highest BCUT2D eigenvalue weighted by atomic mass is 16.7. The molecule has 1 saturated heterocycles. The second kappa shape index (κ2) is 23.9. The normalized spacial score (nSPS) is 14.8. The van der Waals surface area contributed by atoms with E-state index in [1.54, 1.807) is 26.0 Å². The highest BCUT2D eigenvalue weighted by Crippen LogP contribution is 2.44. The Kier molecular flexibility index (Phi) is 17.4. The predicted molar refractivity (Wildman–Crippen MR) is 249 cm³/mol. The summed E-state index contributed by atoms with van der Waals surface area (Å²) in [5.41, 5.74) is 9.69. The van der Waals surface area contributed by atoms with Crippen LogP contribution in [0, 0.1) is 16.0 Å². The molecular formula is C48H52N8O14. The molecule has 0 saturated carbocycles. The van der Waals surface area contributed by atoms with Crippen LogP contribution < -0.4 is 42.4 Å². The van der Waals surface area contributed by atoms with Gasteiger partial charge in [0.05, 0.1) is 18.0 Å². The molecule has 7 amide bonds. The summed E-state index contributed by atoms with van der Waals surface area (Å²) >= 11 is 0. The minimum Gasteiger partial charge on any atom is -0.464 e. The zero-order valence-electron chi connectivity index (χ0n) is 38.1. The zero-order chi connectivity index (χ0) is 50.3. The number of esters is 1. The Morgan fingerprint density at radius 2 is 1.46 bits per heavy atom. The van der Waals surface area contributed by atoms with Crippen molar-refractivity contribution in [2.24, 2.45) is 11.7 Å². The molecule has 4 aromatic carbocycles. The number of nitrogens with zero attached hydrogens (tertiary/aromatic N) is 1. The number of alkyl carbamates (subject to hydrolysis) is 1. The number of hydrogen-bond acceptors (Lipinski definition) is 14. The van der Waals surface area contributed by atoms with Crippen LogP contribution in [0.3, 0.4) is 0 Å². The number of fused-ring (bicyclic) bond motifs is 3. The molecule has 1 fully saturated rings. The molecule has 1 aliphatic heterocycles. The second-order valence-electron chi connectivity index (χ2n) is 16.6. The Bertz CT molecular complexity index is 2540. The lowest BCUT2D eigenvalue weighted by Gasteiger charge is -2.27. The van der Waals surface area contributed by atoms with Crippen LogP contribution in [0.15, 0.2) is 97.1 Å². The third-order valence-electron chi connectivity index (χ3n) is 11.3. The molecule has 22 heteroatoms. The van der Waals surface area contributed by atoms with Crippen molar-refractivity contribution in [3.8, 4) is 16.9 Å². The summed E-state index contributed by atoms with van der Waals surface area (Å²) in [5.74, 6) is -4.72.